The molecule has 0 saturated carbocycles. The van der Waals surface area contributed by atoms with Crippen molar-refractivity contribution >= 4 is 27.3 Å². The standard InChI is InChI=1S/C13H13BrO3S/c1-15-10-4-3-5-11(16-2)13(10)17-8-9-6-7-12(14)18-9/h3-7H,8H2,1-2H3. The summed E-state index contributed by atoms with van der Waals surface area (Å²) in [6, 6.07) is 9.59. The summed E-state index contributed by atoms with van der Waals surface area (Å²) in [6.07, 6.45) is 0. The fraction of sp³-hybridized carbons (Fsp3) is 0.231. The van der Waals surface area contributed by atoms with E-state index in [4.69, 9.17) is 14.2 Å². The Morgan fingerprint density at radius 2 is 1.72 bits per heavy atom. The van der Waals surface area contributed by atoms with Gasteiger partial charge in [0, 0.05) is 4.88 Å². The van der Waals surface area contributed by atoms with Crippen LogP contribution < -0.4 is 14.2 Å². The zero-order chi connectivity index (χ0) is 13.0. The molecule has 0 aliphatic rings. The van der Waals surface area contributed by atoms with Gasteiger partial charge in [0.1, 0.15) is 6.61 Å². The predicted molar refractivity (Wildman–Crippen MR) is 75.9 cm³/mol. The third kappa shape index (κ3) is 2.97. The van der Waals surface area contributed by atoms with Crippen molar-refractivity contribution in [3.05, 3.63) is 39.0 Å². The Kier molecular flexibility index (Phi) is 4.49. The maximum atomic E-state index is 5.79. The minimum absolute atomic E-state index is 0.493. The van der Waals surface area contributed by atoms with Crippen LogP contribution in [0, 0.1) is 0 Å². The summed E-state index contributed by atoms with van der Waals surface area (Å²) in [4.78, 5) is 1.13. The number of thiophene rings is 1. The van der Waals surface area contributed by atoms with Crippen molar-refractivity contribution in [1.82, 2.24) is 0 Å². The normalized spacial score (nSPS) is 10.2. The average molecular weight is 329 g/mol. The van der Waals surface area contributed by atoms with E-state index in [2.05, 4.69) is 15.9 Å². The van der Waals surface area contributed by atoms with E-state index < -0.39 is 0 Å². The van der Waals surface area contributed by atoms with Crippen LogP contribution in [-0.4, -0.2) is 14.2 Å². The monoisotopic (exact) mass is 328 g/mol. The van der Waals surface area contributed by atoms with Gasteiger partial charge in [-0.25, -0.2) is 0 Å². The molecule has 5 heteroatoms. The number of rotatable bonds is 5. The van der Waals surface area contributed by atoms with Gasteiger partial charge in [0.25, 0.3) is 0 Å². The van der Waals surface area contributed by atoms with Crippen LogP contribution in [0.1, 0.15) is 4.88 Å². The van der Waals surface area contributed by atoms with Gasteiger partial charge < -0.3 is 14.2 Å². The minimum Gasteiger partial charge on any atom is -0.493 e. The van der Waals surface area contributed by atoms with Gasteiger partial charge in [0.15, 0.2) is 11.5 Å². The van der Waals surface area contributed by atoms with Gasteiger partial charge >= 0.3 is 0 Å². The first-order valence-electron chi connectivity index (χ1n) is 5.32. The molecule has 1 heterocycles. The maximum Gasteiger partial charge on any atom is 0.203 e. The second-order valence-electron chi connectivity index (χ2n) is 3.49. The van der Waals surface area contributed by atoms with Gasteiger partial charge in [-0.2, -0.15) is 0 Å². The van der Waals surface area contributed by atoms with Crippen molar-refractivity contribution < 1.29 is 14.2 Å². The molecule has 0 amide bonds. The van der Waals surface area contributed by atoms with Crippen LogP contribution in [0.2, 0.25) is 0 Å². The molecule has 0 aliphatic carbocycles. The van der Waals surface area contributed by atoms with Crippen LogP contribution in [0.25, 0.3) is 0 Å². The van der Waals surface area contributed by atoms with Crippen LogP contribution in [0.3, 0.4) is 0 Å². The van der Waals surface area contributed by atoms with E-state index in [-0.39, 0.29) is 0 Å². The maximum absolute atomic E-state index is 5.79. The zero-order valence-electron chi connectivity index (χ0n) is 10.1. The molecule has 2 aromatic rings. The third-order valence-electron chi connectivity index (χ3n) is 2.37. The topological polar surface area (TPSA) is 27.7 Å². The van der Waals surface area contributed by atoms with Gasteiger partial charge in [0.05, 0.1) is 18.0 Å². The predicted octanol–water partition coefficient (Wildman–Crippen LogP) is 4.11. The van der Waals surface area contributed by atoms with E-state index in [1.165, 1.54) is 0 Å². The van der Waals surface area contributed by atoms with Crippen LogP contribution in [0.5, 0.6) is 17.2 Å². The summed E-state index contributed by atoms with van der Waals surface area (Å²) < 4.78 is 17.4. The van der Waals surface area contributed by atoms with Crippen LogP contribution >= 0.6 is 27.3 Å². The third-order valence-corrected chi connectivity index (χ3v) is 3.97. The molecule has 0 saturated heterocycles. The Bertz CT molecular complexity index is 502. The quantitative estimate of drug-likeness (QED) is 0.826. The fourth-order valence-electron chi connectivity index (χ4n) is 1.53. The highest BCUT2D eigenvalue weighted by Gasteiger charge is 2.11. The largest absolute Gasteiger partial charge is 0.493 e. The number of ether oxygens (including phenoxy) is 3. The molecular formula is C13H13BrO3S. The number of benzene rings is 1. The van der Waals surface area contributed by atoms with Crippen molar-refractivity contribution in [2.75, 3.05) is 14.2 Å². The van der Waals surface area contributed by atoms with Crippen molar-refractivity contribution in [1.29, 1.82) is 0 Å². The molecule has 0 unspecified atom stereocenters. The molecule has 96 valence electrons. The summed E-state index contributed by atoms with van der Waals surface area (Å²) in [6.45, 7) is 0.493. The SMILES string of the molecule is COc1cccc(OC)c1OCc1ccc(Br)s1. The number of para-hydroxylation sites is 1. The number of methoxy groups -OCH3 is 2. The highest BCUT2D eigenvalue weighted by molar-refractivity contribution is 9.11. The lowest BCUT2D eigenvalue weighted by molar-refractivity contribution is 0.268. The highest BCUT2D eigenvalue weighted by atomic mass is 79.9. The molecule has 0 N–H and O–H groups in total. The lowest BCUT2D eigenvalue weighted by Crippen LogP contribution is -1.98. The highest BCUT2D eigenvalue weighted by Crippen LogP contribution is 2.37. The Morgan fingerprint density at radius 3 is 2.22 bits per heavy atom. The van der Waals surface area contributed by atoms with E-state index in [1.807, 2.05) is 30.3 Å². The van der Waals surface area contributed by atoms with Gasteiger partial charge in [-0.1, -0.05) is 6.07 Å². The van der Waals surface area contributed by atoms with Crippen LogP contribution in [0.15, 0.2) is 34.1 Å². The first kappa shape index (κ1) is 13.2. The van der Waals surface area contributed by atoms with Crippen LogP contribution in [-0.2, 0) is 6.61 Å². The van der Waals surface area contributed by atoms with E-state index in [9.17, 15) is 0 Å². The molecule has 3 nitrogen and oxygen atoms in total. The lowest BCUT2D eigenvalue weighted by atomic mass is 10.3. The molecule has 2 rings (SSSR count). The molecule has 0 aliphatic heterocycles. The number of hydrogen-bond donors (Lipinski definition) is 0. The molecule has 18 heavy (non-hydrogen) atoms. The fourth-order valence-corrected chi connectivity index (χ4v) is 2.93. The first-order valence-corrected chi connectivity index (χ1v) is 6.93. The van der Waals surface area contributed by atoms with Crippen molar-refractivity contribution in [3.8, 4) is 17.2 Å². The summed E-state index contributed by atoms with van der Waals surface area (Å²) in [5.74, 6) is 1.97. The molecule has 0 fully saturated rings. The molecule has 1 aromatic heterocycles. The van der Waals surface area contributed by atoms with Gasteiger partial charge in [-0.15, -0.1) is 11.3 Å². The van der Waals surface area contributed by atoms with Crippen molar-refractivity contribution in [2.45, 2.75) is 6.61 Å². The second kappa shape index (κ2) is 6.11. The van der Waals surface area contributed by atoms with E-state index >= 15 is 0 Å². The lowest BCUT2D eigenvalue weighted by Gasteiger charge is -2.13. The summed E-state index contributed by atoms with van der Waals surface area (Å²) in [5.41, 5.74) is 0. The Morgan fingerprint density at radius 1 is 1.06 bits per heavy atom. The molecule has 0 bridgehead atoms. The smallest absolute Gasteiger partial charge is 0.203 e. The van der Waals surface area contributed by atoms with Gasteiger partial charge in [0.2, 0.25) is 5.75 Å². The van der Waals surface area contributed by atoms with Crippen LogP contribution in [0.4, 0.5) is 0 Å². The van der Waals surface area contributed by atoms with Gasteiger partial charge in [-0.05, 0) is 40.2 Å². The first-order chi connectivity index (χ1) is 8.74. The van der Waals surface area contributed by atoms with Gasteiger partial charge in [-0.3, -0.25) is 0 Å². The molecular weight excluding hydrogens is 316 g/mol. The average Bonchev–Trinajstić information content (AvgIpc) is 2.81. The van der Waals surface area contributed by atoms with Crippen molar-refractivity contribution in [3.63, 3.8) is 0 Å². The Hall–Kier alpha value is -1.20. The van der Waals surface area contributed by atoms with E-state index in [1.54, 1.807) is 25.6 Å². The summed E-state index contributed by atoms with van der Waals surface area (Å²) >= 11 is 5.07. The molecule has 0 radical (unpaired) electrons. The van der Waals surface area contributed by atoms with E-state index in [0.717, 1.165) is 8.66 Å². The Labute approximate surface area is 118 Å². The zero-order valence-corrected chi connectivity index (χ0v) is 12.5. The number of halogens is 1. The molecule has 0 spiro atoms. The molecule has 1 aromatic carbocycles. The summed E-state index contributed by atoms with van der Waals surface area (Å²) in [5, 5.41) is 0. The van der Waals surface area contributed by atoms with Crippen molar-refractivity contribution in [2.24, 2.45) is 0 Å². The molecule has 0 atom stereocenters. The van der Waals surface area contributed by atoms with E-state index in [0.29, 0.717) is 23.9 Å². The minimum atomic E-state index is 0.493. The number of hydrogen-bond acceptors (Lipinski definition) is 4. The Balaban J connectivity index is 2.17. The second-order valence-corrected chi connectivity index (χ2v) is 6.03. The summed E-state index contributed by atoms with van der Waals surface area (Å²) in [7, 11) is 3.23.